The Balaban J connectivity index is 1.63. The normalized spacial score (nSPS) is 13.0. The molecule has 0 bridgehead atoms. The molecule has 3 aromatic rings. The molecule has 8 nitrogen and oxygen atoms in total. The average molecular weight is 399 g/mol. The van der Waals surface area contributed by atoms with Crippen LogP contribution in [0.4, 0.5) is 5.69 Å². The summed E-state index contributed by atoms with van der Waals surface area (Å²) in [7, 11) is 0. The molecule has 3 rings (SSSR count). The van der Waals surface area contributed by atoms with E-state index < -0.39 is 6.10 Å². The molecule has 0 aliphatic heterocycles. The summed E-state index contributed by atoms with van der Waals surface area (Å²) in [6, 6.07) is 8.35. The molecular weight excluding hydrogens is 380 g/mol. The lowest BCUT2D eigenvalue weighted by atomic mass is 10.1. The van der Waals surface area contributed by atoms with Gasteiger partial charge in [-0.25, -0.2) is 4.85 Å². The number of hydrogen-bond acceptors (Lipinski definition) is 4. The van der Waals surface area contributed by atoms with Crippen molar-refractivity contribution in [3.8, 4) is 11.3 Å². The molecule has 0 spiro atoms. The Labute approximate surface area is 167 Å². The maximum Gasteiger partial charge on any atom is 0.272 e. The number of carbonyl (C=O) groups is 1. The third kappa shape index (κ3) is 4.39. The molecular formula is C19H19ClN6O2. The molecule has 0 radical (unpaired) electrons. The molecule has 0 saturated carbocycles. The van der Waals surface area contributed by atoms with Crippen LogP contribution < -0.4 is 5.32 Å². The molecule has 3 N–H and O–H groups in total. The van der Waals surface area contributed by atoms with E-state index in [9.17, 15) is 9.90 Å². The quantitative estimate of drug-likeness (QED) is 0.554. The first kappa shape index (κ1) is 19.6. The van der Waals surface area contributed by atoms with Crippen LogP contribution in [0.25, 0.3) is 16.1 Å². The second kappa shape index (κ2) is 8.25. The van der Waals surface area contributed by atoms with E-state index in [1.807, 2.05) is 19.2 Å². The van der Waals surface area contributed by atoms with Crippen LogP contribution in [-0.4, -0.2) is 37.0 Å². The van der Waals surface area contributed by atoms with E-state index >= 15 is 0 Å². The molecule has 2 heterocycles. The number of aromatic amines is 1. The zero-order valence-electron chi connectivity index (χ0n) is 15.3. The Bertz CT molecular complexity index is 1030. The van der Waals surface area contributed by atoms with Crippen molar-refractivity contribution in [2.45, 2.75) is 32.5 Å². The fraction of sp³-hybridized carbons (Fsp3) is 0.263. The highest BCUT2D eigenvalue weighted by molar-refractivity contribution is 6.33. The molecule has 0 aliphatic carbocycles. The summed E-state index contributed by atoms with van der Waals surface area (Å²) in [5.74, 6) is -0.329. The molecule has 0 aliphatic rings. The minimum atomic E-state index is -0.716. The van der Waals surface area contributed by atoms with E-state index in [0.717, 1.165) is 11.3 Å². The number of rotatable bonds is 6. The van der Waals surface area contributed by atoms with Crippen LogP contribution in [-0.2, 0) is 6.54 Å². The summed E-state index contributed by atoms with van der Waals surface area (Å²) in [4.78, 5) is 15.6. The number of nitrogens with one attached hydrogen (secondary N) is 2. The molecule has 0 unspecified atom stereocenters. The fourth-order valence-corrected chi connectivity index (χ4v) is 2.89. The number of aromatic nitrogens is 4. The zero-order valence-corrected chi connectivity index (χ0v) is 16.1. The van der Waals surface area contributed by atoms with Crippen molar-refractivity contribution >= 4 is 23.2 Å². The zero-order chi connectivity index (χ0) is 20.3. The van der Waals surface area contributed by atoms with Crippen molar-refractivity contribution in [3.63, 3.8) is 0 Å². The van der Waals surface area contributed by atoms with Gasteiger partial charge in [0.1, 0.15) is 5.69 Å². The smallest absolute Gasteiger partial charge is 0.272 e. The van der Waals surface area contributed by atoms with Gasteiger partial charge in [-0.15, -0.1) is 0 Å². The number of aliphatic hydroxyl groups excluding tert-OH is 1. The number of hydrogen-bond donors (Lipinski definition) is 3. The van der Waals surface area contributed by atoms with E-state index in [-0.39, 0.29) is 17.6 Å². The lowest BCUT2D eigenvalue weighted by Gasteiger charge is -2.13. The summed E-state index contributed by atoms with van der Waals surface area (Å²) in [6.07, 6.45) is 1.10. The molecule has 144 valence electrons. The summed E-state index contributed by atoms with van der Waals surface area (Å²) >= 11 is 6.09. The number of halogens is 1. The van der Waals surface area contributed by atoms with Gasteiger partial charge in [0.05, 0.1) is 30.6 Å². The van der Waals surface area contributed by atoms with Crippen molar-refractivity contribution in [3.05, 3.63) is 64.4 Å². The number of aliphatic hydroxyl groups is 1. The minimum Gasteiger partial charge on any atom is -0.387 e. The Morgan fingerprint density at radius 1 is 1.39 bits per heavy atom. The predicted octanol–water partition coefficient (Wildman–Crippen LogP) is 3.35. The highest BCUT2D eigenvalue weighted by atomic mass is 35.5. The van der Waals surface area contributed by atoms with Gasteiger partial charge in [-0.1, -0.05) is 23.7 Å². The van der Waals surface area contributed by atoms with Crippen molar-refractivity contribution in [1.29, 1.82) is 0 Å². The second-order valence-corrected chi connectivity index (χ2v) is 6.87. The first-order valence-corrected chi connectivity index (χ1v) is 9.00. The van der Waals surface area contributed by atoms with Crippen LogP contribution in [0.2, 0.25) is 5.02 Å². The van der Waals surface area contributed by atoms with Gasteiger partial charge < -0.3 is 10.4 Å². The number of nitrogens with zero attached hydrogens (tertiary/aromatic N) is 4. The minimum absolute atomic E-state index is 0.194. The van der Waals surface area contributed by atoms with Gasteiger partial charge in [-0.3, -0.25) is 14.6 Å². The molecule has 0 fully saturated rings. The molecule has 2 aromatic heterocycles. The summed E-state index contributed by atoms with van der Waals surface area (Å²) < 4.78 is 1.72. The van der Waals surface area contributed by atoms with Crippen LogP contribution in [0, 0.1) is 6.57 Å². The Hall–Kier alpha value is -3.15. The van der Waals surface area contributed by atoms with Crippen LogP contribution in [0.3, 0.4) is 0 Å². The lowest BCUT2D eigenvalue weighted by Crippen LogP contribution is -2.36. The summed E-state index contributed by atoms with van der Waals surface area (Å²) in [5, 5.41) is 23.8. The van der Waals surface area contributed by atoms with Gasteiger partial charge in [0.25, 0.3) is 5.91 Å². The highest BCUT2D eigenvalue weighted by Crippen LogP contribution is 2.29. The number of benzene rings is 1. The van der Waals surface area contributed by atoms with E-state index in [4.69, 9.17) is 18.2 Å². The monoisotopic (exact) mass is 398 g/mol. The van der Waals surface area contributed by atoms with Gasteiger partial charge in [0, 0.05) is 22.8 Å². The Morgan fingerprint density at radius 3 is 2.82 bits per heavy atom. The predicted molar refractivity (Wildman–Crippen MR) is 105 cm³/mol. The van der Waals surface area contributed by atoms with E-state index in [2.05, 4.69) is 25.5 Å². The largest absolute Gasteiger partial charge is 0.387 e. The SMILES string of the molecule is [C-]#[N+]c1ccc(-c2ccn(C[C@H](C)NC(=O)c3cc([C@H](C)O)[nH]n3)n2)cc1Cl. The molecule has 1 aromatic carbocycles. The Morgan fingerprint density at radius 2 is 2.18 bits per heavy atom. The third-order valence-electron chi connectivity index (χ3n) is 4.12. The lowest BCUT2D eigenvalue weighted by molar-refractivity contribution is 0.0931. The van der Waals surface area contributed by atoms with Gasteiger partial charge in [0.2, 0.25) is 5.69 Å². The Kier molecular flexibility index (Phi) is 5.78. The summed E-state index contributed by atoms with van der Waals surface area (Å²) in [6.45, 7) is 11.0. The van der Waals surface area contributed by atoms with Crippen molar-refractivity contribution < 1.29 is 9.90 Å². The van der Waals surface area contributed by atoms with E-state index in [0.29, 0.717) is 22.9 Å². The maximum absolute atomic E-state index is 12.3. The molecule has 1 amide bonds. The third-order valence-corrected chi connectivity index (χ3v) is 4.43. The van der Waals surface area contributed by atoms with Crippen molar-refractivity contribution in [1.82, 2.24) is 25.3 Å². The average Bonchev–Trinajstić information content (AvgIpc) is 3.31. The van der Waals surface area contributed by atoms with Crippen molar-refractivity contribution in [2.24, 2.45) is 0 Å². The van der Waals surface area contributed by atoms with Crippen LogP contribution >= 0.6 is 11.6 Å². The van der Waals surface area contributed by atoms with Crippen molar-refractivity contribution in [2.75, 3.05) is 0 Å². The number of H-pyrrole nitrogens is 1. The molecule has 28 heavy (non-hydrogen) atoms. The topological polar surface area (TPSA) is 100 Å². The van der Waals surface area contributed by atoms with E-state index in [1.54, 1.807) is 29.8 Å². The maximum atomic E-state index is 12.3. The first-order chi connectivity index (χ1) is 13.4. The van der Waals surface area contributed by atoms with Crippen LogP contribution in [0.15, 0.2) is 36.5 Å². The fourth-order valence-electron chi connectivity index (χ4n) is 2.67. The molecule has 2 atom stereocenters. The van der Waals surface area contributed by atoms with Crippen LogP contribution in [0.5, 0.6) is 0 Å². The highest BCUT2D eigenvalue weighted by Gasteiger charge is 2.16. The van der Waals surface area contributed by atoms with Gasteiger partial charge >= 0.3 is 0 Å². The summed E-state index contributed by atoms with van der Waals surface area (Å²) in [5.41, 5.74) is 2.65. The van der Waals surface area contributed by atoms with Gasteiger partial charge in [0.15, 0.2) is 0 Å². The second-order valence-electron chi connectivity index (χ2n) is 6.46. The van der Waals surface area contributed by atoms with Crippen LogP contribution in [0.1, 0.15) is 36.1 Å². The number of carbonyl (C=O) groups excluding carboxylic acids is 1. The van der Waals surface area contributed by atoms with Gasteiger partial charge in [-0.05, 0) is 32.0 Å². The molecule has 0 saturated heterocycles. The first-order valence-electron chi connectivity index (χ1n) is 8.62. The number of amides is 1. The van der Waals surface area contributed by atoms with Gasteiger partial charge in [-0.2, -0.15) is 10.2 Å². The van der Waals surface area contributed by atoms with E-state index in [1.165, 1.54) is 6.07 Å². The molecule has 9 heteroatoms. The standard InChI is InChI=1S/C19H19ClN6O2/c1-11(22-19(28)18-9-17(12(2)27)23-24-18)10-26-7-6-15(25-26)13-4-5-16(21-3)14(20)8-13/h4-9,11-12,27H,10H2,1-2H3,(H,22,28)(H,23,24)/t11-,12-/m0/s1.